The van der Waals surface area contributed by atoms with E-state index in [1.165, 1.54) is 5.56 Å². The highest BCUT2D eigenvalue weighted by Gasteiger charge is 2.21. The van der Waals surface area contributed by atoms with Crippen LogP contribution >= 0.6 is 0 Å². The minimum atomic E-state index is -0.468. The summed E-state index contributed by atoms with van der Waals surface area (Å²) >= 11 is 0. The maximum Gasteiger partial charge on any atom is 0.280 e. The van der Waals surface area contributed by atoms with Crippen LogP contribution in [0, 0.1) is 6.92 Å². The lowest BCUT2D eigenvalue weighted by Gasteiger charge is -2.23. The maximum atomic E-state index is 12.1. The maximum absolute atomic E-state index is 12.1. The summed E-state index contributed by atoms with van der Waals surface area (Å²) in [6.07, 6.45) is 0. The van der Waals surface area contributed by atoms with Crippen molar-refractivity contribution in [3.63, 3.8) is 0 Å². The molecule has 0 saturated carbocycles. The van der Waals surface area contributed by atoms with E-state index in [1.54, 1.807) is 18.2 Å². The third-order valence-electron chi connectivity index (χ3n) is 3.94. The zero-order valence-electron chi connectivity index (χ0n) is 13.7. The first kappa shape index (κ1) is 15.8. The average Bonchev–Trinajstić information content (AvgIpc) is 2.55. The van der Waals surface area contributed by atoms with E-state index in [4.69, 9.17) is 16.2 Å². The van der Waals surface area contributed by atoms with Gasteiger partial charge in [-0.2, -0.15) is 4.99 Å². The average molecular weight is 321 g/mol. The Bertz CT molecular complexity index is 861. The minimum absolute atomic E-state index is 0.251. The number of aryl methyl sites for hydroxylation is 1. The summed E-state index contributed by atoms with van der Waals surface area (Å²) in [5.41, 5.74) is 16.4. The van der Waals surface area contributed by atoms with Crippen LogP contribution in [0.2, 0.25) is 0 Å². The lowest BCUT2D eigenvalue weighted by atomic mass is 9.90. The Labute approximate surface area is 140 Å². The van der Waals surface area contributed by atoms with E-state index in [0.717, 1.165) is 28.0 Å². The SMILES string of the molecule is CC1=C(c2ccc(C)cc2)c2cc(C(=O)N=C(N)N)ccc2OC1. The number of hydrogen-bond donors (Lipinski definition) is 2. The predicted molar refractivity (Wildman–Crippen MR) is 95.0 cm³/mol. The molecule has 2 aromatic rings. The van der Waals surface area contributed by atoms with E-state index >= 15 is 0 Å². The van der Waals surface area contributed by atoms with E-state index in [2.05, 4.69) is 36.2 Å². The van der Waals surface area contributed by atoms with Gasteiger partial charge in [-0.05, 0) is 48.8 Å². The van der Waals surface area contributed by atoms with Gasteiger partial charge in [0.1, 0.15) is 12.4 Å². The largest absolute Gasteiger partial charge is 0.489 e. The highest BCUT2D eigenvalue weighted by molar-refractivity contribution is 6.03. The molecule has 0 radical (unpaired) electrons. The lowest BCUT2D eigenvalue weighted by Crippen LogP contribution is -2.24. The van der Waals surface area contributed by atoms with Crippen LogP contribution < -0.4 is 16.2 Å². The number of nitrogens with two attached hydrogens (primary N) is 2. The Hall–Kier alpha value is -3.08. The van der Waals surface area contributed by atoms with Gasteiger partial charge in [0.15, 0.2) is 5.96 Å². The highest BCUT2D eigenvalue weighted by Crippen LogP contribution is 2.38. The fraction of sp³-hybridized carbons (Fsp3) is 0.158. The van der Waals surface area contributed by atoms with Crippen molar-refractivity contribution in [1.29, 1.82) is 0 Å². The second kappa shape index (κ2) is 6.20. The molecule has 0 unspecified atom stereocenters. The van der Waals surface area contributed by atoms with Gasteiger partial charge in [0.25, 0.3) is 5.91 Å². The number of nitrogens with zero attached hydrogens (tertiary/aromatic N) is 1. The fourth-order valence-electron chi connectivity index (χ4n) is 2.78. The van der Waals surface area contributed by atoms with Crippen LogP contribution in [0.4, 0.5) is 0 Å². The molecule has 24 heavy (non-hydrogen) atoms. The summed E-state index contributed by atoms with van der Waals surface area (Å²) in [6.45, 7) is 4.61. The van der Waals surface area contributed by atoms with Crippen LogP contribution in [0.3, 0.4) is 0 Å². The van der Waals surface area contributed by atoms with Crippen molar-refractivity contribution in [3.8, 4) is 5.75 Å². The van der Waals surface area contributed by atoms with Crippen molar-refractivity contribution in [3.05, 3.63) is 70.3 Å². The molecule has 122 valence electrons. The zero-order chi connectivity index (χ0) is 17.3. The van der Waals surface area contributed by atoms with E-state index < -0.39 is 5.91 Å². The third-order valence-corrected chi connectivity index (χ3v) is 3.94. The number of amides is 1. The van der Waals surface area contributed by atoms with Crippen molar-refractivity contribution in [2.24, 2.45) is 16.5 Å². The number of carbonyl (C=O) groups excluding carboxylic acids is 1. The number of guanidine groups is 1. The van der Waals surface area contributed by atoms with E-state index in [9.17, 15) is 4.79 Å². The summed E-state index contributed by atoms with van der Waals surface area (Å²) in [5.74, 6) is 0.0289. The molecule has 0 spiro atoms. The van der Waals surface area contributed by atoms with Gasteiger partial charge >= 0.3 is 0 Å². The summed E-state index contributed by atoms with van der Waals surface area (Å²) in [6, 6.07) is 13.5. The molecular weight excluding hydrogens is 302 g/mol. The Balaban J connectivity index is 2.12. The first-order chi connectivity index (χ1) is 11.5. The van der Waals surface area contributed by atoms with Gasteiger partial charge in [0.05, 0.1) is 0 Å². The van der Waals surface area contributed by atoms with Crippen molar-refractivity contribution in [2.75, 3.05) is 6.61 Å². The van der Waals surface area contributed by atoms with Crippen molar-refractivity contribution < 1.29 is 9.53 Å². The summed E-state index contributed by atoms with van der Waals surface area (Å²) in [4.78, 5) is 15.7. The first-order valence-corrected chi connectivity index (χ1v) is 7.63. The van der Waals surface area contributed by atoms with Gasteiger partial charge in [-0.1, -0.05) is 29.8 Å². The molecule has 0 saturated heterocycles. The summed E-state index contributed by atoms with van der Waals surface area (Å²) in [5, 5.41) is 0. The topological polar surface area (TPSA) is 90.7 Å². The van der Waals surface area contributed by atoms with E-state index in [1.807, 2.05) is 6.92 Å². The molecule has 0 aliphatic carbocycles. The van der Waals surface area contributed by atoms with Crippen LogP contribution in [0.25, 0.3) is 5.57 Å². The number of carbonyl (C=O) groups is 1. The Morgan fingerprint density at radius 3 is 2.46 bits per heavy atom. The molecule has 1 amide bonds. The van der Waals surface area contributed by atoms with Crippen LogP contribution in [-0.2, 0) is 0 Å². The van der Waals surface area contributed by atoms with Crippen LogP contribution in [0.5, 0.6) is 5.75 Å². The van der Waals surface area contributed by atoms with Gasteiger partial charge in [0, 0.05) is 11.1 Å². The number of hydrogen-bond acceptors (Lipinski definition) is 2. The van der Waals surface area contributed by atoms with Crippen molar-refractivity contribution in [2.45, 2.75) is 13.8 Å². The lowest BCUT2D eigenvalue weighted by molar-refractivity contribution is 0.100. The molecule has 0 atom stereocenters. The summed E-state index contributed by atoms with van der Waals surface area (Å²) in [7, 11) is 0. The van der Waals surface area contributed by atoms with Crippen molar-refractivity contribution >= 4 is 17.4 Å². The smallest absolute Gasteiger partial charge is 0.280 e. The third kappa shape index (κ3) is 3.01. The second-order valence-electron chi connectivity index (χ2n) is 5.86. The zero-order valence-corrected chi connectivity index (χ0v) is 13.7. The molecule has 1 heterocycles. The highest BCUT2D eigenvalue weighted by atomic mass is 16.5. The quantitative estimate of drug-likeness (QED) is 0.657. The van der Waals surface area contributed by atoms with E-state index in [-0.39, 0.29) is 5.96 Å². The van der Waals surface area contributed by atoms with Gasteiger partial charge in [-0.25, -0.2) is 0 Å². The Kier molecular flexibility index (Phi) is 4.08. The monoisotopic (exact) mass is 321 g/mol. The molecule has 0 bridgehead atoms. The molecule has 3 rings (SSSR count). The first-order valence-electron chi connectivity index (χ1n) is 7.63. The standard InChI is InChI=1S/C19H19N3O2/c1-11-3-5-13(6-4-11)17-12(2)10-24-16-8-7-14(9-15(16)17)18(23)22-19(20)21/h3-9H,10H2,1-2H3,(H4,20,21,22,23). The number of aliphatic imine (C=N–C) groups is 1. The Morgan fingerprint density at radius 2 is 1.79 bits per heavy atom. The number of benzene rings is 2. The van der Waals surface area contributed by atoms with Crippen LogP contribution in [0.15, 0.2) is 53.0 Å². The number of fused-ring (bicyclic) bond motifs is 1. The normalized spacial score (nSPS) is 13.1. The second-order valence-corrected chi connectivity index (χ2v) is 5.86. The summed E-state index contributed by atoms with van der Waals surface area (Å²) < 4.78 is 5.77. The molecule has 0 fully saturated rings. The molecular formula is C19H19N3O2. The molecule has 0 aromatic heterocycles. The molecule has 1 aliphatic heterocycles. The predicted octanol–water partition coefficient (Wildman–Crippen LogP) is 2.62. The fourth-order valence-corrected chi connectivity index (χ4v) is 2.78. The van der Waals surface area contributed by atoms with Gasteiger partial charge < -0.3 is 16.2 Å². The Morgan fingerprint density at radius 1 is 1.08 bits per heavy atom. The minimum Gasteiger partial charge on any atom is -0.489 e. The number of ether oxygens (including phenoxy) is 1. The van der Waals surface area contributed by atoms with Crippen LogP contribution in [-0.4, -0.2) is 18.5 Å². The molecule has 2 aromatic carbocycles. The van der Waals surface area contributed by atoms with E-state index in [0.29, 0.717) is 12.2 Å². The van der Waals surface area contributed by atoms with Gasteiger partial charge in [-0.15, -0.1) is 0 Å². The molecule has 4 N–H and O–H groups in total. The van der Waals surface area contributed by atoms with Crippen LogP contribution in [0.1, 0.15) is 34.0 Å². The van der Waals surface area contributed by atoms with Crippen molar-refractivity contribution in [1.82, 2.24) is 0 Å². The van der Waals surface area contributed by atoms with Gasteiger partial charge in [-0.3, -0.25) is 4.79 Å². The number of rotatable bonds is 2. The molecule has 1 aliphatic rings. The molecule has 5 heteroatoms. The van der Waals surface area contributed by atoms with Gasteiger partial charge in [0.2, 0.25) is 0 Å². The molecule has 5 nitrogen and oxygen atoms in total.